The van der Waals surface area contributed by atoms with Gasteiger partial charge in [-0.05, 0) is 19.1 Å². The fourth-order valence-corrected chi connectivity index (χ4v) is 3.36. The highest BCUT2D eigenvalue weighted by Gasteiger charge is 2.19. The number of aromatic nitrogens is 1. The van der Waals surface area contributed by atoms with Crippen LogP contribution in [0.3, 0.4) is 0 Å². The Balaban J connectivity index is 1.95. The van der Waals surface area contributed by atoms with Gasteiger partial charge >= 0.3 is 5.63 Å². The number of hydrogen-bond acceptors (Lipinski definition) is 6. The molecule has 1 N–H and O–H groups in total. The van der Waals surface area contributed by atoms with Gasteiger partial charge in [-0.2, -0.15) is 0 Å². The Kier molecular flexibility index (Phi) is 4.82. The standard InChI is InChI=1S/C19H20N2O4S/c1-5-24-11-6-7-12-13(9-16(22)25-14(12)8-11)17(23)21-18-20-15(10-26-18)19(2,3)4/h6-10H,5H2,1-4H3,(H,20,21,23). The number of hydrogen-bond donors (Lipinski definition) is 1. The third kappa shape index (κ3) is 3.77. The predicted octanol–water partition coefficient (Wildman–Crippen LogP) is 4.20. The van der Waals surface area contributed by atoms with Crippen LogP contribution in [0, 0.1) is 0 Å². The van der Waals surface area contributed by atoms with Crippen LogP contribution < -0.4 is 15.7 Å². The Morgan fingerprint density at radius 3 is 2.73 bits per heavy atom. The average Bonchev–Trinajstić information content (AvgIpc) is 3.02. The number of fused-ring (bicyclic) bond motifs is 1. The number of ether oxygens (including phenoxy) is 1. The molecule has 0 aliphatic heterocycles. The molecule has 2 heterocycles. The summed E-state index contributed by atoms with van der Waals surface area (Å²) in [5, 5.41) is 5.72. The van der Waals surface area contributed by atoms with Gasteiger partial charge < -0.3 is 9.15 Å². The van der Waals surface area contributed by atoms with Crippen LogP contribution in [0.2, 0.25) is 0 Å². The summed E-state index contributed by atoms with van der Waals surface area (Å²) in [7, 11) is 0. The lowest BCUT2D eigenvalue weighted by Crippen LogP contribution is -2.16. The summed E-state index contributed by atoms with van der Waals surface area (Å²) >= 11 is 1.35. The second-order valence-corrected chi connectivity index (χ2v) is 7.67. The SMILES string of the molecule is CCOc1ccc2c(C(=O)Nc3nc(C(C)(C)C)cs3)cc(=O)oc2c1. The van der Waals surface area contributed by atoms with Gasteiger partial charge in [-0.3, -0.25) is 10.1 Å². The quantitative estimate of drug-likeness (QED) is 0.694. The molecule has 7 heteroatoms. The van der Waals surface area contributed by atoms with E-state index < -0.39 is 11.5 Å². The molecule has 0 saturated carbocycles. The highest BCUT2D eigenvalue weighted by atomic mass is 32.1. The van der Waals surface area contributed by atoms with Crippen LogP contribution in [-0.2, 0) is 5.41 Å². The largest absolute Gasteiger partial charge is 0.494 e. The molecule has 0 atom stereocenters. The van der Waals surface area contributed by atoms with Gasteiger partial charge in [-0.25, -0.2) is 9.78 Å². The first kappa shape index (κ1) is 18.1. The molecule has 0 radical (unpaired) electrons. The number of amides is 1. The molecule has 0 spiro atoms. The van der Waals surface area contributed by atoms with E-state index in [1.807, 2.05) is 12.3 Å². The molecule has 0 bridgehead atoms. The molecule has 0 saturated heterocycles. The number of thiazole rings is 1. The van der Waals surface area contributed by atoms with Crippen molar-refractivity contribution in [1.82, 2.24) is 4.98 Å². The highest BCUT2D eigenvalue weighted by Crippen LogP contribution is 2.27. The summed E-state index contributed by atoms with van der Waals surface area (Å²) in [5.41, 5.74) is 0.757. The first-order valence-corrected chi connectivity index (χ1v) is 9.14. The third-order valence-electron chi connectivity index (χ3n) is 3.76. The summed E-state index contributed by atoms with van der Waals surface area (Å²) in [6, 6.07) is 6.25. The highest BCUT2D eigenvalue weighted by molar-refractivity contribution is 7.14. The van der Waals surface area contributed by atoms with E-state index in [0.29, 0.717) is 28.5 Å². The maximum absolute atomic E-state index is 12.7. The molecule has 3 aromatic rings. The van der Waals surface area contributed by atoms with E-state index in [1.54, 1.807) is 18.2 Å². The van der Waals surface area contributed by atoms with Crippen LogP contribution in [0.1, 0.15) is 43.7 Å². The first-order valence-electron chi connectivity index (χ1n) is 8.26. The van der Waals surface area contributed by atoms with Crippen molar-refractivity contribution in [3.63, 3.8) is 0 Å². The zero-order valence-corrected chi connectivity index (χ0v) is 15.9. The van der Waals surface area contributed by atoms with Gasteiger partial charge in [0.25, 0.3) is 5.91 Å². The fourth-order valence-electron chi connectivity index (χ4n) is 2.43. The Bertz CT molecular complexity index is 1010. The zero-order valence-electron chi connectivity index (χ0n) is 15.1. The van der Waals surface area contributed by atoms with E-state index in [2.05, 4.69) is 31.1 Å². The summed E-state index contributed by atoms with van der Waals surface area (Å²) < 4.78 is 10.6. The predicted molar refractivity (Wildman–Crippen MR) is 102 cm³/mol. The van der Waals surface area contributed by atoms with E-state index >= 15 is 0 Å². The van der Waals surface area contributed by atoms with Gasteiger partial charge in [0.1, 0.15) is 11.3 Å². The number of carbonyl (C=O) groups is 1. The minimum atomic E-state index is -0.592. The molecule has 2 aromatic heterocycles. The topological polar surface area (TPSA) is 81.4 Å². The molecule has 0 unspecified atom stereocenters. The van der Waals surface area contributed by atoms with Crippen LogP contribution in [0.5, 0.6) is 5.75 Å². The first-order chi connectivity index (χ1) is 12.3. The Hall–Kier alpha value is -2.67. The van der Waals surface area contributed by atoms with Crippen LogP contribution in [0.25, 0.3) is 11.0 Å². The molecule has 0 aliphatic rings. The van der Waals surface area contributed by atoms with Crippen molar-refractivity contribution in [3.05, 3.63) is 51.3 Å². The normalized spacial score (nSPS) is 11.5. The second kappa shape index (κ2) is 6.92. The molecule has 1 amide bonds. The molecular formula is C19H20N2O4S. The lowest BCUT2D eigenvalue weighted by atomic mass is 9.93. The van der Waals surface area contributed by atoms with E-state index in [1.165, 1.54) is 17.4 Å². The molecule has 6 nitrogen and oxygen atoms in total. The number of rotatable bonds is 4. The Labute approximate surface area is 154 Å². The van der Waals surface area contributed by atoms with Gasteiger partial charge in [0, 0.05) is 28.3 Å². The molecular weight excluding hydrogens is 352 g/mol. The van der Waals surface area contributed by atoms with Crippen molar-refractivity contribution in [2.45, 2.75) is 33.1 Å². The smallest absolute Gasteiger partial charge is 0.337 e. The number of nitrogens with zero attached hydrogens (tertiary/aromatic N) is 1. The zero-order chi connectivity index (χ0) is 18.9. The Morgan fingerprint density at radius 2 is 2.08 bits per heavy atom. The van der Waals surface area contributed by atoms with E-state index in [9.17, 15) is 9.59 Å². The molecule has 1 aromatic carbocycles. The monoisotopic (exact) mass is 372 g/mol. The van der Waals surface area contributed by atoms with E-state index in [4.69, 9.17) is 9.15 Å². The maximum atomic E-state index is 12.7. The summed E-state index contributed by atoms with van der Waals surface area (Å²) in [5.74, 6) is 0.178. The van der Waals surface area contributed by atoms with Crippen molar-refractivity contribution in [2.24, 2.45) is 0 Å². The molecule has 26 heavy (non-hydrogen) atoms. The van der Waals surface area contributed by atoms with Gasteiger partial charge in [-0.1, -0.05) is 20.8 Å². The van der Waals surface area contributed by atoms with Crippen molar-refractivity contribution in [2.75, 3.05) is 11.9 Å². The molecule has 136 valence electrons. The summed E-state index contributed by atoms with van der Waals surface area (Å²) in [4.78, 5) is 29.0. The van der Waals surface area contributed by atoms with Crippen LogP contribution in [-0.4, -0.2) is 17.5 Å². The van der Waals surface area contributed by atoms with Gasteiger partial charge in [0.15, 0.2) is 5.13 Å². The third-order valence-corrected chi connectivity index (χ3v) is 4.52. The van der Waals surface area contributed by atoms with Crippen LogP contribution in [0.4, 0.5) is 5.13 Å². The van der Waals surface area contributed by atoms with E-state index in [-0.39, 0.29) is 11.0 Å². The number of carbonyl (C=O) groups excluding carboxylic acids is 1. The van der Waals surface area contributed by atoms with Gasteiger partial charge in [0.05, 0.1) is 17.9 Å². The van der Waals surface area contributed by atoms with Gasteiger partial charge in [0.2, 0.25) is 0 Å². The molecule has 3 rings (SSSR count). The number of anilines is 1. The molecule has 0 fully saturated rings. The van der Waals surface area contributed by atoms with E-state index in [0.717, 1.165) is 5.69 Å². The van der Waals surface area contributed by atoms with Crippen molar-refractivity contribution in [3.8, 4) is 5.75 Å². The van der Waals surface area contributed by atoms with Crippen molar-refractivity contribution >= 4 is 33.3 Å². The van der Waals surface area contributed by atoms with Crippen LogP contribution >= 0.6 is 11.3 Å². The lowest BCUT2D eigenvalue weighted by Gasteiger charge is -2.14. The lowest BCUT2D eigenvalue weighted by molar-refractivity contribution is 0.102. The maximum Gasteiger partial charge on any atom is 0.337 e. The van der Waals surface area contributed by atoms with Crippen molar-refractivity contribution in [1.29, 1.82) is 0 Å². The fraction of sp³-hybridized carbons (Fsp3) is 0.316. The Morgan fingerprint density at radius 1 is 1.31 bits per heavy atom. The van der Waals surface area contributed by atoms with Crippen LogP contribution in [0.15, 0.2) is 38.9 Å². The van der Waals surface area contributed by atoms with Crippen molar-refractivity contribution < 1.29 is 13.9 Å². The minimum absolute atomic E-state index is 0.102. The summed E-state index contributed by atoms with van der Waals surface area (Å²) in [6.07, 6.45) is 0. The summed E-state index contributed by atoms with van der Waals surface area (Å²) in [6.45, 7) is 8.53. The second-order valence-electron chi connectivity index (χ2n) is 6.81. The molecule has 0 aliphatic carbocycles. The average molecular weight is 372 g/mol. The van der Waals surface area contributed by atoms with Gasteiger partial charge in [-0.15, -0.1) is 11.3 Å². The number of benzene rings is 1. The number of nitrogens with one attached hydrogen (secondary N) is 1. The minimum Gasteiger partial charge on any atom is -0.494 e.